The summed E-state index contributed by atoms with van der Waals surface area (Å²) in [5.74, 6) is -2.43. The van der Waals surface area contributed by atoms with Gasteiger partial charge in [-0.3, -0.25) is 9.80 Å². The highest BCUT2D eigenvalue weighted by atomic mass is 35.5. The van der Waals surface area contributed by atoms with E-state index in [1.165, 1.54) is 25.3 Å². The Hall–Kier alpha value is -2.61. The fourth-order valence-electron chi connectivity index (χ4n) is 2.90. The number of hydrogen-bond acceptors (Lipinski definition) is 4. The van der Waals surface area contributed by atoms with Crippen molar-refractivity contribution in [1.29, 1.82) is 0 Å². The smallest absolute Gasteiger partial charge is 0.329 e. The average molecular weight is 384 g/mol. The van der Waals surface area contributed by atoms with Crippen LogP contribution in [0.4, 0.5) is 25.0 Å². The number of nitrogens with zero attached hydrogens (tertiary/aromatic N) is 3. The Morgan fingerprint density at radius 3 is 2.35 bits per heavy atom. The molecule has 138 valence electrons. The average Bonchev–Trinajstić information content (AvgIpc) is 2.63. The molecule has 0 unspecified atom stereocenters. The number of benzene rings is 1. The number of hydrogen-bond donors (Lipinski definition) is 0. The van der Waals surface area contributed by atoms with Gasteiger partial charge in [0.2, 0.25) is 0 Å². The topological polar surface area (TPSA) is 54.9 Å². The number of rotatable bonds is 4. The monoisotopic (exact) mass is 383 g/mol. The van der Waals surface area contributed by atoms with Crippen LogP contribution < -0.4 is 19.3 Å². The Morgan fingerprint density at radius 1 is 1.19 bits per heavy atom. The molecule has 0 saturated carbocycles. The molecule has 0 aliphatic carbocycles. The van der Waals surface area contributed by atoms with Crippen LogP contribution in [0.25, 0.3) is 0 Å². The van der Waals surface area contributed by atoms with Crippen molar-refractivity contribution in [2.75, 3.05) is 30.6 Å². The Morgan fingerprint density at radius 2 is 1.81 bits per heavy atom. The first-order chi connectivity index (χ1) is 12.4. The van der Waals surface area contributed by atoms with Gasteiger partial charge in [0.1, 0.15) is 10.8 Å². The van der Waals surface area contributed by atoms with Gasteiger partial charge >= 0.3 is 6.03 Å². The number of carbonyl (C=O) groups is 1. The Labute approximate surface area is 153 Å². The van der Waals surface area contributed by atoms with Crippen molar-refractivity contribution in [1.82, 2.24) is 4.98 Å². The molecule has 0 bridgehead atoms. The predicted octanol–water partition coefficient (Wildman–Crippen LogP) is 4.00. The lowest BCUT2D eigenvalue weighted by Crippen LogP contribution is -2.48. The van der Waals surface area contributed by atoms with Gasteiger partial charge in [-0.05, 0) is 13.0 Å². The molecule has 0 N–H and O–H groups in total. The molecule has 1 aliphatic heterocycles. The quantitative estimate of drug-likeness (QED) is 0.749. The number of anilines is 2. The van der Waals surface area contributed by atoms with Crippen molar-refractivity contribution in [3.05, 3.63) is 40.7 Å². The van der Waals surface area contributed by atoms with Gasteiger partial charge < -0.3 is 9.47 Å². The van der Waals surface area contributed by atoms with Gasteiger partial charge in [-0.25, -0.2) is 18.6 Å². The van der Waals surface area contributed by atoms with Crippen LogP contribution in [-0.2, 0) is 6.54 Å². The van der Waals surface area contributed by atoms with E-state index in [2.05, 4.69) is 4.98 Å². The molecule has 2 aromatic rings. The number of aromatic nitrogens is 1. The van der Waals surface area contributed by atoms with Gasteiger partial charge in [0.15, 0.2) is 23.1 Å². The molecule has 1 aromatic heterocycles. The number of halogens is 3. The lowest BCUT2D eigenvalue weighted by molar-refractivity contribution is 0.249. The summed E-state index contributed by atoms with van der Waals surface area (Å²) in [4.78, 5) is 19.3. The second-order valence-corrected chi connectivity index (χ2v) is 5.89. The molecule has 0 saturated heterocycles. The summed E-state index contributed by atoms with van der Waals surface area (Å²) in [5.41, 5.74) is 0.631. The third kappa shape index (κ3) is 2.80. The first kappa shape index (κ1) is 18.2. The first-order valence-corrected chi connectivity index (χ1v) is 8.14. The molecule has 0 fully saturated rings. The third-order valence-corrected chi connectivity index (χ3v) is 4.35. The summed E-state index contributed by atoms with van der Waals surface area (Å²) < 4.78 is 39.5. The molecule has 1 aromatic carbocycles. The highest BCUT2D eigenvalue weighted by molar-refractivity contribution is 6.29. The van der Waals surface area contributed by atoms with Crippen molar-refractivity contribution in [2.45, 2.75) is 13.5 Å². The van der Waals surface area contributed by atoms with E-state index >= 15 is 0 Å². The van der Waals surface area contributed by atoms with E-state index in [1.54, 1.807) is 13.0 Å². The Kier molecular flexibility index (Phi) is 4.86. The summed E-state index contributed by atoms with van der Waals surface area (Å²) in [6.45, 7) is 1.96. The van der Waals surface area contributed by atoms with Crippen LogP contribution in [-0.4, -0.2) is 31.8 Å². The summed E-state index contributed by atoms with van der Waals surface area (Å²) in [5, 5.41) is 0.226. The van der Waals surface area contributed by atoms with Crippen molar-refractivity contribution in [3.63, 3.8) is 0 Å². The molecule has 0 spiro atoms. The molecule has 26 heavy (non-hydrogen) atoms. The fraction of sp³-hybridized carbons (Fsp3) is 0.294. The number of urea groups is 1. The number of methoxy groups -OCH3 is 2. The van der Waals surface area contributed by atoms with E-state index in [9.17, 15) is 13.6 Å². The Bertz CT molecular complexity index is 851. The van der Waals surface area contributed by atoms with E-state index in [-0.39, 0.29) is 29.7 Å². The van der Waals surface area contributed by atoms with E-state index in [4.69, 9.17) is 21.1 Å². The maximum atomic E-state index is 14.8. The fourth-order valence-corrected chi connectivity index (χ4v) is 3.05. The zero-order chi connectivity index (χ0) is 19.0. The van der Waals surface area contributed by atoms with E-state index < -0.39 is 23.4 Å². The zero-order valence-corrected chi connectivity index (χ0v) is 15.1. The normalized spacial score (nSPS) is 13.7. The van der Waals surface area contributed by atoms with E-state index in [0.29, 0.717) is 11.3 Å². The maximum absolute atomic E-state index is 14.8. The zero-order valence-electron chi connectivity index (χ0n) is 14.3. The number of ether oxygens (including phenoxy) is 2. The van der Waals surface area contributed by atoms with Gasteiger partial charge in [-0.2, -0.15) is 0 Å². The molecule has 2 heterocycles. The van der Waals surface area contributed by atoms with E-state index in [0.717, 1.165) is 11.0 Å². The minimum Gasteiger partial charge on any atom is -0.493 e. The number of carbonyl (C=O) groups excluding carboxylic acids is 1. The molecular formula is C17H16ClF2N3O3. The third-order valence-electron chi connectivity index (χ3n) is 4.15. The van der Waals surface area contributed by atoms with Crippen LogP contribution in [0, 0.1) is 11.6 Å². The van der Waals surface area contributed by atoms with Crippen LogP contribution in [0.3, 0.4) is 0 Å². The second kappa shape index (κ2) is 6.95. The van der Waals surface area contributed by atoms with Crippen molar-refractivity contribution >= 4 is 29.0 Å². The van der Waals surface area contributed by atoms with Gasteiger partial charge in [-0.1, -0.05) is 11.6 Å². The molecule has 3 rings (SSSR count). The largest absolute Gasteiger partial charge is 0.493 e. The lowest BCUT2D eigenvalue weighted by Gasteiger charge is -2.36. The summed E-state index contributed by atoms with van der Waals surface area (Å²) in [6.07, 6.45) is 1.48. The predicted molar refractivity (Wildman–Crippen MR) is 93.3 cm³/mol. The maximum Gasteiger partial charge on any atom is 0.329 e. The number of amides is 2. The molecule has 9 heteroatoms. The van der Waals surface area contributed by atoms with Crippen LogP contribution in [0.5, 0.6) is 11.5 Å². The van der Waals surface area contributed by atoms with Gasteiger partial charge in [0.25, 0.3) is 0 Å². The van der Waals surface area contributed by atoms with Crippen molar-refractivity contribution in [2.24, 2.45) is 0 Å². The van der Waals surface area contributed by atoms with Crippen LogP contribution >= 0.6 is 11.6 Å². The van der Waals surface area contributed by atoms with Crippen molar-refractivity contribution in [3.8, 4) is 11.5 Å². The van der Waals surface area contributed by atoms with E-state index in [1.807, 2.05) is 0 Å². The minimum atomic E-state index is -0.986. The molecule has 2 amide bonds. The molecule has 6 nitrogen and oxygen atoms in total. The van der Waals surface area contributed by atoms with Gasteiger partial charge in [-0.15, -0.1) is 0 Å². The SMILES string of the molecule is CCN1C(=O)N(c2c(F)c(OC)cc(OC)c2F)Cc2cnc(Cl)cc21. The minimum absolute atomic E-state index is 0.0704. The first-order valence-electron chi connectivity index (χ1n) is 7.76. The number of pyridine rings is 1. The second-order valence-electron chi connectivity index (χ2n) is 5.51. The molecule has 1 aliphatic rings. The summed E-state index contributed by atoms with van der Waals surface area (Å²) >= 11 is 5.91. The molecule has 0 atom stereocenters. The van der Waals surface area contributed by atoms with Gasteiger partial charge in [0, 0.05) is 24.4 Å². The van der Waals surface area contributed by atoms with Gasteiger partial charge in [0.05, 0.1) is 26.5 Å². The Balaban J connectivity index is 2.19. The highest BCUT2D eigenvalue weighted by Gasteiger charge is 2.36. The van der Waals surface area contributed by atoms with Crippen LogP contribution in [0.1, 0.15) is 12.5 Å². The molecular weight excluding hydrogens is 368 g/mol. The van der Waals surface area contributed by atoms with Crippen LogP contribution in [0.15, 0.2) is 18.3 Å². The number of fused-ring (bicyclic) bond motifs is 1. The summed E-state index contributed by atoms with van der Waals surface area (Å²) in [7, 11) is 2.49. The highest BCUT2D eigenvalue weighted by Crippen LogP contribution is 2.40. The summed E-state index contributed by atoms with van der Waals surface area (Å²) in [6, 6.07) is 2.06. The lowest BCUT2D eigenvalue weighted by atomic mass is 10.1. The van der Waals surface area contributed by atoms with Crippen LogP contribution in [0.2, 0.25) is 5.15 Å². The van der Waals surface area contributed by atoms with Crippen molar-refractivity contribution < 1.29 is 23.0 Å². The molecule has 0 radical (unpaired) electrons. The standard InChI is InChI=1S/C17H16ClF2N3O3/c1-4-22-10-5-13(18)21-7-9(10)8-23(17(22)24)16-14(19)11(25-2)6-12(26-3)15(16)20/h5-7H,4,8H2,1-3H3.